The Morgan fingerprint density at radius 1 is 0.969 bits per heavy atom. The highest BCUT2D eigenvalue weighted by Crippen LogP contribution is 2.39. The van der Waals surface area contributed by atoms with Crippen molar-refractivity contribution in [2.24, 2.45) is 0 Å². The average Bonchev–Trinajstić information content (AvgIpc) is 3.70. The predicted octanol–water partition coefficient (Wildman–Crippen LogP) is 3.81. The van der Waals surface area contributed by atoms with Gasteiger partial charge < -0.3 is 14.5 Å². The molecule has 32 heavy (non-hydrogen) atoms. The molecule has 2 aromatic carbocycles. The highest BCUT2D eigenvalue weighted by molar-refractivity contribution is 5.90. The van der Waals surface area contributed by atoms with Gasteiger partial charge in [-0.3, -0.25) is 4.79 Å². The minimum atomic E-state index is 0.193. The smallest absolute Gasteiger partial charge is 0.224 e. The largest absolute Gasteiger partial charge is 0.378 e. The number of benzene rings is 2. The summed E-state index contributed by atoms with van der Waals surface area (Å²) in [5.74, 6) is 2.58. The number of rotatable bonds is 8. The van der Waals surface area contributed by atoms with Crippen LogP contribution >= 0.6 is 0 Å². The molecule has 1 amide bonds. The van der Waals surface area contributed by atoms with E-state index in [2.05, 4.69) is 41.3 Å². The Bertz CT molecular complexity index is 1060. The van der Waals surface area contributed by atoms with Crippen LogP contribution < -0.4 is 4.90 Å². The standard InChI is InChI=1S/C26H30N4O2/c31-24(29-16-18-32-19-17-29)13-15-30(14-12-20-6-2-1-3-7-20)26-22-8-4-5-9-23(22)27-25(28-26)21-10-11-21/h1-9,21H,10-19H2. The molecule has 0 bridgehead atoms. The van der Waals surface area contributed by atoms with E-state index in [-0.39, 0.29) is 5.91 Å². The minimum Gasteiger partial charge on any atom is -0.378 e. The lowest BCUT2D eigenvalue weighted by atomic mass is 10.1. The Morgan fingerprint density at radius 3 is 2.50 bits per heavy atom. The predicted molar refractivity (Wildman–Crippen MR) is 126 cm³/mol. The highest BCUT2D eigenvalue weighted by atomic mass is 16.5. The number of anilines is 1. The van der Waals surface area contributed by atoms with Crippen LogP contribution in [0.15, 0.2) is 54.6 Å². The Hall–Kier alpha value is -2.99. The van der Waals surface area contributed by atoms with Gasteiger partial charge in [-0.2, -0.15) is 0 Å². The summed E-state index contributed by atoms with van der Waals surface area (Å²) >= 11 is 0. The SMILES string of the molecule is O=C(CCN(CCc1ccccc1)c1nc(C2CC2)nc2ccccc12)N1CCOCC1. The number of amides is 1. The molecule has 6 nitrogen and oxygen atoms in total. The fraction of sp³-hybridized carbons (Fsp3) is 0.423. The topological polar surface area (TPSA) is 58.6 Å². The zero-order chi connectivity index (χ0) is 21.8. The number of ether oxygens (including phenoxy) is 1. The second-order valence-corrected chi connectivity index (χ2v) is 8.66. The average molecular weight is 431 g/mol. The number of morpholine rings is 1. The third-order valence-electron chi connectivity index (χ3n) is 6.32. The lowest BCUT2D eigenvalue weighted by Crippen LogP contribution is -2.42. The second-order valence-electron chi connectivity index (χ2n) is 8.66. The van der Waals surface area contributed by atoms with Crippen LogP contribution in [0.3, 0.4) is 0 Å². The van der Waals surface area contributed by atoms with Crippen LogP contribution in [-0.2, 0) is 16.0 Å². The first-order valence-corrected chi connectivity index (χ1v) is 11.7. The van der Waals surface area contributed by atoms with Gasteiger partial charge in [0.15, 0.2) is 0 Å². The zero-order valence-corrected chi connectivity index (χ0v) is 18.4. The summed E-state index contributed by atoms with van der Waals surface area (Å²) in [6, 6.07) is 18.8. The summed E-state index contributed by atoms with van der Waals surface area (Å²) in [7, 11) is 0. The highest BCUT2D eigenvalue weighted by Gasteiger charge is 2.28. The minimum absolute atomic E-state index is 0.193. The molecule has 6 heteroatoms. The van der Waals surface area contributed by atoms with E-state index >= 15 is 0 Å². The molecule has 1 saturated carbocycles. The lowest BCUT2D eigenvalue weighted by molar-refractivity contribution is -0.135. The first kappa shape index (κ1) is 20.9. The number of carbonyl (C=O) groups is 1. The van der Waals surface area contributed by atoms with Crippen LogP contribution in [0.5, 0.6) is 0 Å². The molecule has 166 valence electrons. The number of hydrogen-bond acceptors (Lipinski definition) is 5. The van der Waals surface area contributed by atoms with Gasteiger partial charge in [-0.1, -0.05) is 42.5 Å². The second kappa shape index (κ2) is 9.65. The summed E-state index contributed by atoms with van der Waals surface area (Å²) in [5.41, 5.74) is 2.28. The molecule has 3 aromatic rings. The van der Waals surface area contributed by atoms with E-state index in [4.69, 9.17) is 14.7 Å². The summed E-state index contributed by atoms with van der Waals surface area (Å²) in [4.78, 5) is 27.0. The maximum absolute atomic E-state index is 12.9. The lowest BCUT2D eigenvalue weighted by Gasteiger charge is -2.29. The summed E-state index contributed by atoms with van der Waals surface area (Å²) in [5, 5.41) is 1.06. The fourth-order valence-corrected chi connectivity index (χ4v) is 4.28. The molecular weight excluding hydrogens is 400 g/mol. The summed E-state index contributed by atoms with van der Waals surface area (Å²) < 4.78 is 5.40. The van der Waals surface area contributed by atoms with Crippen LogP contribution in [0.25, 0.3) is 10.9 Å². The van der Waals surface area contributed by atoms with Gasteiger partial charge in [-0.15, -0.1) is 0 Å². The van der Waals surface area contributed by atoms with Gasteiger partial charge in [-0.25, -0.2) is 9.97 Å². The van der Waals surface area contributed by atoms with Crippen molar-refractivity contribution in [2.45, 2.75) is 31.6 Å². The van der Waals surface area contributed by atoms with Crippen LogP contribution in [0.4, 0.5) is 5.82 Å². The van der Waals surface area contributed by atoms with E-state index < -0.39 is 0 Å². The van der Waals surface area contributed by atoms with Gasteiger partial charge in [0, 0.05) is 43.9 Å². The number of hydrogen-bond donors (Lipinski definition) is 0. The van der Waals surface area contributed by atoms with E-state index in [1.54, 1.807) is 0 Å². The molecular formula is C26H30N4O2. The molecule has 0 spiro atoms. The van der Waals surface area contributed by atoms with Crippen molar-refractivity contribution in [1.82, 2.24) is 14.9 Å². The van der Waals surface area contributed by atoms with Gasteiger partial charge >= 0.3 is 0 Å². The van der Waals surface area contributed by atoms with Crippen LogP contribution in [0, 0.1) is 0 Å². The summed E-state index contributed by atoms with van der Waals surface area (Å²) in [6.07, 6.45) is 3.71. The van der Waals surface area contributed by atoms with E-state index in [0.29, 0.717) is 45.2 Å². The molecule has 0 unspecified atom stereocenters. The van der Waals surface area contributed by atoms with Crippen molar-refractivity contribution in [3.63, 3.8) is 0 Å². The van der Waals surface area contributed by atoms with Crippen molar-refractivity contribution in [3.05, 3.63) is 66.0 Å². The quantitative estimate of drug-likeness (QED) is 0.544. The van der Waals surface area contributed by atoms with Gasteiger partial charge in [0.25, 0.3) is 0 Å². The molecule has 1 saturated heterocycles. The molecule has 0 N–H and O–H groups in total. The van der Waals surface area contributed by atoms with Gasteiger partial charge in [0.1, 0.15) is 11.6 Å². The number of fused-ring (bicyclic) bond motifs is 1. The maximum Gasteiger partial charge on any atom is 0.224 e. The third-order valence-corrected chi connectivity index (χ3v) is 6.32. The Morgan fingerprint density at radius 2 is 1.72 bits per heavy atom. The number of nitrogens with zero attached hydrogens (tertiary/aromatic N) is 4. The molecule has 0 atom stereocenters. The molecule has 0 radical (unpaired) electrons. The van der Waals surface area contributed by atoms with E-state index in [0.717, 1.165) is 48.4 Å². The Kier molecular flexibility index (Phi) is 6.30. The van der Waals surface area contributed by atoms with Crippen molar-refractivity contribution >= 4 is 22.6 Å². The van der Waals surface area contributed by atoms with Gasteiger partial charge in [-0.05, 0) is 37.0 Å². The van der Waals surface area contributed by atoms with Crippen molar-refractivity contribution in [1.29, 1.82) is 0 Å². The molecule has 2 aliphatic rings. The van der Waals surface area contributed by atoms with Gasteiger partial charge in [0.05, 0.1) is 18.7 Å². The fourth-order valence-electron chi connectivity index (χ4n) is 4.28. The molecule has 5 rings (SSSR count). The van der Waals surface area contributed by atoms with Gasteiger partial charge in [0.2, 0.25) is 5.91 Å². The first-order valence-electron chi connectivity index (χ1n) is 11.7. The first-order chi connectivity index (χ1) is 15.8. The Labute approximate surface area is 189 Å². The monoisotopic (exact) mass is 430 g/mol. The third kappa shape index (κ3) is 4.91. The van der Waals surface area contributed by atoms with Crippen LogP contribution in [0.1, 0.15) is 36.6 Å². The summed E-state index contributed by atoms with van der Waals surface area (Å²) in [6.45, 7) is 4.09. The molecule has 1 aliphatic heterocycles. The van der Waals surface area contributed by atoms with Crippen molar-refractivity contribution < 1.29 is 9.53 Å². The van der Waals surface area contributed by atoms with Crippen molar-refractivity contribution in [2.75, 3.05) is 44.3 Å². The van der Waals surface area contributed by atoms with Crippen LogP contribution in [-0.4, -0.2) is 60.2 Å². The molecule has 2 heterocycles. The molecule has 1 aromatic heterocycles. The zero-order valence-electron chi connectivity index (χ0n) is 18.4. The normalized spacial score (nSPS) is 16.3. The molecule has 2 fully saturated rings. The van der Waals surface area contributed by atoms with E-state index in [1.807, 2.05) is 23.1 Å². The van der Waals surface area contributed by atoms with Crippen LogP contribution in [0.2, 0.25) is 0 Å². The van der Waals surface area contributed by atoms with E-state index in [1.165, 1.54) is 5.56 Å². The number of aromatic nitrogens is 2. The maximum atomic E-state index is 12.9. The Balaban J connectivity index is 1.41. The van der Waals surface area contributed by atoms with Crippen molar-refractivity contribution in [3.8, 4) is 0 Å². The molecule has 1 aliphatic carbocycles. The number of para-hydroxylation sites is 1. The number of carbonyl (C=O) groups excluding carboxylic acids is 1. The van der Waals surface area contributed by atoms with E-state index in [9.17, 15) is 4.79 Å².